The second-order valence-corrected chi connectivity index (χ2v) is 7.51. The van der Waals surface area contributed by atoms with E-state index in [4.69, 9.17) is 4.74 Å². The molecule has 3 aromatic rings. The van der Waals surface area contributed by atoms with Gasteiger partial charge in [-0.2, -0.15) is 0 Å². The van der Waals surface area contributed by atoms with Gasteiger partial charge in [-0.15, -0.1) is 0 Å². The lowest BCUT2D eigenvalue weighted by Gasteiger charge is -2.11. The predicted octanol–water partition coefficient (Wildman–Crippen LogP) is 6.28. The highest BCUT2D eigenvalue weighted by atomic mass is 19.1. The van der Waals surface area contributed by atoms with Crippen molar-refractivity contribution >= 4 is 5.71 Å². The highest BCUT2D eigenvalue weighted by Crippen LogP contribution is 2.35. The zero-order valence-electron chi connectivity index (χ0n) is 16.7. The molecule has 1 aromatic heterocycles. The monoisotopic (exact) mass is 410 g/mol. The van der Waals surface area contributed by atoms with Crippen molar-refractivity contribution in [2.45, 2.75) is 38.8 Å². The van der Waals surface area contributed by atoms with E-state index < -0.39 is 23.5 Å². The number of nitrogens with zero attached hydrogens (tertiary/aromatic N) is 2. The maximum Gasteiger partial charge on any atom is 0.213 e. The Morgan fingerprint density at radius 1 is 0.933 bits per heavy atom. The van der Waals surface area contributed by atoms with Crippen LogP contribution in [0.15, 0.2) is 59.7 Å². The van der Waals surface area contributed by atoms with Crippen molar-refractivity contribution in [3.8, 4) is 17.0 Å². The van der Waals surface area contributed by atoms with Gasteiger partial charge in [0.1, 0.15) is 17.5 Å². The van der Waals surface area contributed by atoms with Gasteiger partial charge >= 0.3 is 0 Å². The first kappa shape index (κ1) is 20.1. The molecule has 0 N–H and O–H groups in total. The number of benzene rings is 2. The molecule has 3 nitrogen and oxygen atoms in total. The molecule has 0 bridgehead atoms. The quantitative estimate of drug-likeness (QED) is 0.496. The Hall–Kier alpha value is -3.15. The van der Waals surface area contributed by atoms with Gasteiger partial charge in [-0.25, -0.2) is 18.2 Å². The van der Waals surface area contributed by atoms with Crippen molar-refractivity contribution in [2.75, 3.05) is 0 Å². The van der Waals surface area contributed by atoms with E-state index in [9.17, 15) is 13.2 Å². The van der Waals surface area contributed by atoms with Crippen LogP contribution < -0.4 is 4.74 Å². The molecule has 0 saturated heterocycles. The van der Waals surface area contributed by atoms with Crippen LogP contribution in [0.4, 0.5) is 13.2 Å². The van der Waals surface area contributed by atoms with Gasteiger partial charge < -0.3 is 4.74 Å². The van der Waals surface area contributed by atoms with Gasteiger partial charge in [0.2, 0.25) is 5.88 Å². The van der Waals surface area contributed by atoms with Crippen LogP contribution in [0.2, 0.25) is 0 Å². The second kappa shape index (κ2) is 8.30. The van der Waals surface area contributed by atoms with Gasteiger partial charge in [0.15, 0.2) is 0 Å². The Kier molecular flexibility index (Phi) is 5.57. The van der Waals surface area contributed by atoms with E-state index in [2.05, 4.69) is 9.98 Å². The Morgan fingerprint density at radius 2 is 1.67 bits per heavy atom. The number of halogens is 3. The SMILES string of the molecule is CC(C)Oc1ccc(-c2ccc(C3CCC(c4c(F)cccc4F)=N3)c(F)c2)cn1. The summed E-state index contributed by atoms with van der Waals surface area (Å²) in [5, 5.41) is 0. The van der Waals surface area contributed by atoms with E-state index >= 15 is 0 Å². The van der Waals surface area contributed by atoms with Gasteiger partial charge in [0.25, 0.3) is 0 Å². The van der Waals surface area contributed by atoms with Crippen LogP contribution >= 0.6 is 0 Å². The second-order valence-electron chi connectivity index (χ2n) is 7.51. The number of ether oxygens (including phenoxy) is 1. The average Bonchev–Trinajstić information content (AvgIpc) is 3.17. The Labute approximate surface area is 173 Å². The van der Waals surface area contributed by atoms with Crippen LogP contribution in [0.5, 0.6) is 5.88 Å². The third kappa shape index (κ3) is 4.08. The minimum absolute atomic E-state index is 0.0229. The van der Waals surface area contributed by atoms with Gasteiger partial charge in [-0.05, 0) is 56.5 Å². The van der Waals surface area contributed by atoms with E-state index in [-0.39, 0.29) is 11.7 Å². The van der Waals surface area contributed by atoms with Gasteiger partial charge in [-0.1, -0.05) is 18.2 Å². The van der Waals surface area contributed by atoms with Gasteiger partial charge in [-0.3, -0.25) is 4.99 Å². The number of pyridine rings is 1. The molecular formula is C24H21F3N2O. The molecule has 154 valence electrons. The third-order valence-electron chi connectivity index (χ3n) is 5.00. The van der Waals surface area contributed by atoms with Crippen molar-refractivity contribution in [1.82, 2.24) is 4.98 Å². The molecule has 4 rings (SSSR count). The summed E-state index contributed by atoms with van der Waals surface area (Å²) in [4.78, 5) is 8.67. The molecule has 30 heavy (non-hydrogen) atoms. The number of aromatic nitrogens is 1. The molecule has 0 saturated carbocycles. The normalized spacial score (nSPS) is 16.1. The highest BCUT2D eigenvalue weighted by molar-refractivity contribution is 6.02. The summed E-state index contributed by atoms with van der Waals surface area (Å²) < 4.78 is 48.5. The van der Waals surface area contributed by atoms with Gasteiger partial charge in [0, 0.05) is 29.1 Å². The maximum atomic E-state index is 14.9. The lowest BCUT2D eigenvalue weighted by atomic mass is 9.99. The Bertz CT molecular complexity index is 1070. The number of hydrogen-bond donors (Lipinski definition) is 0. The van der Waals surface area contributed by atoms with E-state index in [1.54, 1.807) is 24.4 Å². The summed E-state index contributed by atoms with van der Waals surface area (Å²) in [5.41, 5.74) is 2.08. The molecule has 2 heterocycles. The topological polar surface area (TPSA) is 34.5 Å². The average molecular weight is 410 g/mol. The van der Waals surface area contributed by atoms with Crippen LogP contribution in [0.25, 0.3) is 11.1 Å². The zero-order chi connectivity index (χ0) is 21.3. The minimum Gasteiger partial charge on any atom is -0.475 e. The highest BCUT2D eigenvalue weighted by Gasteiger charge is 2.26. The van der Waals surface area contributed by atoms with Crippen LogP contribution in [-0.4, -0.2) is 16.8 Å². The summed E-state index contributed by atoms with van der Waals surface area (Å²) in [6.45, 7) is 3.84. The summed E-state index contributed by atoms with van der Waals surface area (Å²) in [5.74, 6) is -1.19. The van der Waals surface area contributed by atoms with E-state index in [1.165, 1.54) is 24.3 Å². The van der Waals surface area contributed by atoms with Crippen LogP contribution in [0.1, 0.15) is 43.9 Å². The molecule has 2 aromatic carbocycles. The van der Waals surface area contributed by atoms with Crippen LogP contribution in [-0.2, 0) is 0 Å². The fourth-order valence-corrected chi connectivity index (χ4v) is 3.62. The van der Waals surface area contributed by atoms with E-state index in [0.29, 0.717) is 35.6 Å². The van der Waals surface area contributed by atoms with Crippen LogP contribution in [0.3, 0.4) is 0 Å². The summed E-state index contributed by atoms with van der Waals surface area (Å²) in [6, 6.07) is 11.7. The van der Waals surface area contributed by atoms with Crippen molar-refractivity contribution < 1.29 is 17.9 Å². The van der Waals surface area contributed by atoms with Crippen molar-refractivity contribution in [3.05, 3.63) is 83.3 Å². The molecular weight excluding hydrogens is 389 g/mol. The first-order valence-corrected chi connectivity index (χ1v) is 9.86. The van der Waals surface area contributed by atoms with E-state index in [1.807, 2.05) is 19.9 Å². The fraction of sp³-hybridized carbons (Fsp3) is 0.250. The smallest absolute Gasteiger partial charge is 0.213 e. The molecule has 1 unspecified atom stereocenters. The van der Waals surface area contributed by atoms with Crippen molar-refractivity contribution in [2.24, 2.45) is 4.99 Å². The van der Waals surface area contributed by atoms with E-state index in [0.717, 1.165) is 5.56 Å². The summed E-state index contributed by atoms with van der Waals surface area (Å²) >= 11 is 0. The number of hydrogen-bond acceptors (Lipinski definition) is 3. The third-order valence-corrected chi connectivity index (χ3v) is 5.00. The number of aliphatic imine (C=N–C) groups is 1. The minimum atomic E-state index is -0.650. The lowest BCUT2D eigenvalue weighted by molar-refractivity contribution is 0.232. The first-order chi connectivity index (χ1) is 14.4. The number of rotatable bonds is 5. The molecule has 0 spiro atoms. The Morgan fingerprint density at radius 3 is 2.30 bits per heavy atom. The molecule has 1 atom stereocenters. The Balaban J connectivity index is 1.57. The standard InChI is InChI=1S/C24H21F3N2O/c1-14(2)30-23-11-7-16(13-28-23)15-6-8-17(20(27)12-15)21-9-10-22(29-21)24-18(25)4-3-5-19(24)26/h3-8,11-14,21H,9-10H2,1-2H3. The maximum absolute atomic E-state index is 14.9. The summed E-state index contributed by atoms with van der Waals surface area (Å²) in [7, 11) is 0. The van der Waals surface area contributed by atoms with Gasteiger partial charge in [0.05, 0.1) is 17.7 Å². The fourth-order valence-electron chi connectivity index (χ4n) is 3.62. The predicted molar refractivity (Wildman–Crippen MR) is 110 cm³/mol. The molecule has 1 aliphatic rings. The molecule has 0 radical (unpaired) electrons. The molecule has 0 aliphatic carbocycles. The lowest BCUT2D eigenvalue weighted by Crippen LogP contribution is -2.06. The molecule has 0 amide bonds. The van der Waals surface area contributed by atoms with Crippen LogP contribution in [0, 0.1) is 17.5 Å². The van der Waals surface area contributed by atoms with Crippen molar-refractivity contribution in [1.29, 1.82) is 0 Å². The zero-order valence-corrected chi connectivity index (χ0v) is 16.7. The van der Waals surface area contributed by atoms with Crippen molar-refractivity contribution in [3.63, 3.8) is 0 Å². The molecule has 0 fully saturated rings. The largest absolute Gasteiger partial charge is 0.475 e. The summed E-state index contributed by atoms with van der Waals surface area (Å²) in [6.07, 6.45) is 2.56. The first-order valence-electron chi connectivity index (χ1n) is 9.86. The molecule has 1 aliphatic heterocycles. The molecule has 6 heteroatoms.